The van der Waals surface area contributed by atoms with E-state index in [1.165, 1.54) is 16.5 Å². The van der Waals surface area contributed by atoms with Crippen molar-refractivity contribution in [2.24, 2.45) is 0 Å². The van der Waals surface area contributed by atoms with Gasteiger partial charge in [-0.2, -0.15) is 4.40 Å². The average molecular weight is 290 g/mol. The molecule has 17 heavy (non-hydrogen) atoms. The monoisotopic (exact) mass is 289 g/mol. The number of phenols is 1. The van der Waals surface area contributed by atoms with E-state index in [0.717, 1.165) is 5.39 Å². The predicted molar refractivity (Wildman–Crippen MR) is 63.5 cm³/mol. The van der Waals surface area contributed by atoms with Crippen molar-refractivity contribution in [1.29, 1.82) is 0 Å². The zero-order valence-electron chi connectivity index (χ0n) is 9.39. The lowest BCUT2D eigenvalue weighted by atomic mass is 10.1. The van der Waals surface area contributed by atoms with Crippen LogP contribution in [-0.4, -0.2) is 5.11 Å². The molecule has 2 nitrogen and oxygen atoms in total. The molecule has 2 aromatic heterocycles. The Morgan fingerprint density at radius 3 is 2.76 bits per heavy atom. The lowest BCUT2D eigenvalue weighted by Crippen LogP contribution is -3.00. The van der Waals surface area contributed by atoms with E-state index in [2.05, 4.69) is 17.4 Å². The van der Waals surface area contributed by atoms with Gasteiger partial charge in [-0.05, 0) is 36.6 Å². The Balaban J connectivity index is 0.00000108. The summed E-state index contributed by atoms with van der Waals surface area (Å²) in [5.74, 6) is 0.308. The van der Waals surface area contributed by atoms with Crippen molar-refractivity contribution in [2.45, 2.75) is 6.92 Å². The number of hydrogen-bond acceptors (Lipinski definition) is 1. The van der Waals surface area contributed by atoms with Crippen molar-refractivity contribution in [3.63, 3.8) is 0 Å². The number of nitrogens with zero attached hydrogens (tertiary/aromatic N) is 1. The van der Waals surface area contributed by atoms with E-state index in [1.807, 2.05) is 30.6 Å². The zero-order valence-corrected chi connectivity index (χ0v) is 11.0. The van der Waals surface area contributed by atoms with Gasteiger partial charge in [-0.15, -0.1) is 0 Å². The van der Waals surface area contributed by atoms with E-state index in [-0.39, 0.29) is 17.0 Å². The van der Waals surface area contributed by atoms with Gasteiger partial charge in [-0.3, -0.25) is 0 Å². The number of aryl methyl sites for hydroxylation is 1. The molecule has 3 aromatic rings. The molecule has 0 bridgehead atoms. The van der Waals surface area contributed by atoms with Crippen LogP contribution >= 0.6 is 0 Å². The first kappa shape index (κ1) is 11.9. The smallest absolute Gasteiger partial charge is 0.214 e. The third-order valence-electron chi connectivity index (χ3n) is 2.99. The Kier molecular flexibility index (Phi) is 3.03. The van der Waals surface area contributed by atoms with Crippen molar-refractivity contribution >= 4 is 16.3 Å². The largest absolute Gasteiger partial charge is 1.00 e. The zero-order chi connectivity index (χ0) is 11.1. The SMILES string of the molecule is Cc1c2ccc(O)cc2c[n+]2ccccc12.[Br-]. The first-order chi connectivity index (χ1) is 7.75. The highest BCUT2D eigenvalue weighted by Crippen LogP contribution is 2.23. The molecular formula is C14H12BrNO. The van der Waals surface area contributed by atoms with Gasteiger partial charge >= 0.3 is 0 Å². The number of pyridine rings is 2. The summed E-state index contributed by atoms with van der Waals surface area (Å²) in [5.41, 5.74) is 2.43. The Hall–Kier alpha value is -1.61. The number of aromatic hydroxyl groups is 1. The summed E-state index contributed by atoms with van der Waals surface area (Å²) in [6.45, 7) is 2.11. The van der Waals surface area contributed by atoms with Gasteiger partial charge in [0.15, 0.2) is 12.4 Å². The van der Waals surface area contributed by atoms with Gasteiger partial charge in [0.1, 0.15) is 5.75 Å². The molecule has 86 valence electrons. The summed E-state index contributed by atoms with van der Waals surface area (Å²) in [6, 6.07) is 11.6. The van der Waals surface area contributed by atoms with Gasteiger partial charge in [0.2, 0.25) is 5.52 Å². The summed E-state index contributed by atoms with van der Waals surface area (Å²) in [5, 5.41) is 11.7. The fraction of sp³-hybridized carbons (Fsp3) is 0.0714. The lowest BCUT2D eigenvalue weighted by molar-refractivity contribution is -0.510. The van der Waals surface area contributed by atoms with Crippen LogP contribution in [0.2, 0.25) is 0 Å². The first-order valence-electron chi connectivity index (χ1n) is 5.28. The van der Waals surface area contributed by atoms with Gasteiger partial charge in [-0.25, -0.2) is 0 Å². The second kappa shape index (κ2) is 4.34. The minimum Gasteiger partial charge on any atom is -1.00 e. The fourth-order valence-corrected chi connectivity index (χ4v) is 2.17. The Morgan fingerprint density at radius 1 is 1.12 bits per heavy atom. The molecule has 0 spiro atoms. The molecule has 3 heteroatoms. The molecule has 0 unspecified atom stereocenters. The highest BCUT2D eigenvalue weighted by Gasteiger charge is 2.09. The summed E-state index contributed by atoms with van der Waals surface area (Å²) in [4.78, 5) is 0. The fourth-order valence-electron chi connectivity index (χ4n) is 2.17. The van der Waals surface area contributed by atoms with Gasteiger partial charge in [0.05, 0.1) is 5.39 Å². The van der Waals surface area contributed by atoms with Crippen LogP contribution in [0.3, 0.4) is 0 Å². The van der Waals surface area contributed by atoms with Crippen LogP contribution in [0, 0.1) is 6.92 Å². The van der Waals surface area contributed by atoms with Gasteiger partial charge < -0.3 is 22.1 Å². The van der Waals surface area contributed by atoms with Crippen molar-refractivity contribution in [3.8, 4) is 5.75 Å². The van der Waals surface area contributed by atoms with E-state index in [4.69, 9.17) is 0 Å². The quantitative estimate of drug-likeness (QED) is 0.442. The highest BCUT2D eigenvalue weighted by atomic mass is 79.9. The number of phenolic OH excluding ortho intramolecular Hbond substituents is 1. The van der Waals surface area contributed by atoms with E-state index >= 15 is 0 Å². The van der Waals surface area contributed by atoms with Crippen LogP contribution in [0.5, 0.6) is 5.75 Å². The second-order valence-electron chi connectivity index (χ2n) is 4.02. The van der Waals surface area contributed by atoms with Crippen LogP contribution in [0.4, 0.5) is 0 Å². The van der Waals surface area contributed by atoms with Gasteiger partial charge in [0.25, 0.3) is 0 Å². The molecule has 0 aliphatic carbocycles. The summed E-state index contributed by atoms with van der Waals surface area (Å²) in [6.07, 6.45) is 4.06. The maximum Gasteiger partial charge on any atom is 0.214 e. The van der Waals surface area contributed by atoms with Crippen molar-refractivity contribution < 1.29 is 26.5 Å². The molecule has 0 fully saturated rings. The maximum atomic E-state index is 9.48. The van der Waals surface area contributed by atoms with Gasteiger partial charge in [-0.1, -0.05) is 0 Å². The van der Waals surface area contributed by atoms with Crippen LogP contribution < -0.4 is 21.4 Å². The summed E-state index contributed by atoms with van der Waals surface area (Å²) < 4.78 is 2.08. The van der Waals surface area contributed by atoms with Crippen LogP contribution in [0.25, 0.3) is 16.3 Å². The molecule has 3 rings (SSSR count). The van der Waals surface area contributed by atoms with Gasteiger partial charge in [0, 0.05) is 17.7 Å². The lowest BCUT2D eigenvalue weighted by Gasteiger charge is -2.02. The number of aromatic nitrogens is 1. The summed E-state index contributed by atoms with van der Waals surface area (Å²) in [7, 11) is 0. The van der Waals surface area contributed by atoms with Crippen molar-refractivity contribution in [3.05, 3.63) is 54.4 Å². The molecular weight excluding hydrogens is 278 g/mol. The van der Waals surface area contributed by atoms with E-state index in [9.17, 15) is 5.11 Å². The molecule has 0 saturated heterocycles. The predicted octanol–water partition coefficient (Wildman–Crippen LogP) is -0.403. The third-order valence-corrected chi connectivity index (χ3v) is 2.99. The number of hydrogen-bond donors (Lipinski definition) is 1. The number of fused-ring (bicyclic) bond motifs is 2. The minimum atomic E-state index is 0. The molecule has 1 N–H and O–H groups in total. The summed E-state index contributed by atoms with van der Waals surface area (Å²) >= 11 is 0. The first-order valence-corrected chi connectivity index (χ1v) is 5.28. The van der Waals surface area contributed by atoms with Crippen LogP contribution in [0.1, 0.15) is 5.56 Å². The second-order valence-corrected chi connectivity index (χ2v) is 4.02. The van der Waals surface area contributed by atoms with Crippen molar-refractivity contribution in [1.82, 2.24) is 0 Å². The molecule has 0 saturated carbocycles. The van der Waals surface area contributed by atoms with E-state index in [0.29, 0.717) is 5.75 Å². The molecule has 0 aliphatic heterocycles. The van der Waals surface area contributed by atoms with Crippen molar-refractivity contribution in [2.75, 3.05) is 0 Å². The number of rotatable bonds is 0. The van der Waals surface area contributed by atoms with Crippen LogP contribution in [0.15, 0.2) is 48.8 Å². The molecule has 1 aromatic carbocycles. The molecule has 0 aliphatic rings. The molecule has 0 atom stereocenters. The average Bonchev–Trinajstić information content (AvgIpc) is 2.29. The Morgan fingerprint density at radius 2 is 1.94 bits per heavy atom. The van der Waals surface area contributed by atoms with E-state index < -0.39 is 0 Å². The normalized spacial score (nSPS) is 10.4. The molecule has 0 radical (unpaired) electrons. The maximum absolute atomic E-state index is 9.48. The topological polar surface area (TPSA) is 24.3 Å². The number of benzene rings is 1. The molecule has 0 amide bonds. The standard InChI is InChI=1S/C14H11NO.BrH/c1-10-13-6-5-12(16)8-11(13)9-15-7-3-2-4-14(10)15;/h2-9H,1H3;1H. The number of halogens is 1. The Bertz CT molecular complexity index is 694. The highest BCUT2D eigenvalue weighted by molar-refractivity contribution is 5.88. The molecule has 2 heterocycles. The minimum absolute atomic E-state index is 0. The Labute approximate surface area is 110 Å². The van der Waals surface area contributed by atoms with Crippen LogP contribution in [-0.2, 0) is 0 Å². The van der Waals surface area contributed by atoms with E-state index in [1.54, 1.807) is 12.1 Å². The third kappa shape index (κ3) is 1.87.